The van der Waals surface area contributed by atoms with Crippen LogP contribution < -0.4 is 30.5 Å². The minimum atomic E-state index is -4.53. The smallest absolute Gasteiger partial charge is 0.416 e. The van der Waals surface area contributed by atoms with Crippen LogP contribution in [0, 0.1) is 0 Å². The zero-order valence-corrected chi connectivity index (χ0v) is 23.5. The van der Waals surface area contributed by atoms with Crippen molar-refractivity contribution in [3.63, 3.8) is 0 Å². The number of benzene rings is 3. The standard InChI is InChI=1S/C30H34F3N5O4/c1-41-18-6-13-34-28(39)24-20-23(36-29(40)35-22-8-5-7-21(19-22)30(31,32)33)11-12-25(24)37-14-16-38(17-15-37)26-9-3-4-10-27(26)42-2/h3-5,7-12,19-20H,6,13-18H2,1-2H3,(H,34,39)(H2,35,36,40). The molecule has 1 aliphatic rings. The van der Waals surface area contributed by atoms with Gasteiger partial charge in [0.1, 0.15) is 5.75 Å². The van der Waals surface area contributed by atoms with Crippen molar-refractivity contribution in [1.29, 1.82) is 0 Å². The van der Waals surface area contributed by atoms with E-state index in [1.807, 2.05) is 24.3 Å². The van der Waals surface area contributed by atoms with Gasteiger partial charge in [0.05, 0.1) is 23.9 Å². The SMILES string of the molecule is COCCCNC(=O)c1cc(NC(=O)Nc2cccc(C(F)(F)F)c2)ccc1N1CCN(c2ccccc2OC)CC1. The van der Waals surface area contributed by atoms with E-state index in [0.29, 0.717) is 62.7 Å². The molecule has 0 radical (unpaired) electrons. The first-order valence-electron chi connectivity index (χ1n) is 13.5. The minimum absolute atomic E-state index is 0.0111. The number of halogens is 3. The number of rotatable bonds is 10. The summed E-state index contributed by atoms with van der Waals surface area (Å²) in [5, 5.41) is 7.93. The van der Waals surface area contributed by atoms with Crippen molar-refractivity contribution in [2.45, 2.75) is 12.6 Å². The summed E-state index contributed by atoms with van der Waals surface area (Å²) in [6.07, 6.45) is -3.90. The third-order valence-electron chi connectivity index (χ3n) is 6.80. The van der Waals surface area contributed by atoms with E-state index in [4.69, 9.17) is 9.47 Å². The molecule has 0 aromatic heterocycles. The van der Waals surface area contributed by atoms with Crippen LogP contribution in [0.3, 0.4) is 0 Å². The van der Waals surface area contributed by atoms with Crippen molar-refractivity contribution in [3.8, 4) is 5.75 Å². The Labute approximate surface area is 242 Å². The van der Waals surface area contributed by atoms with Crippen LogP contribution in [0.15, 0.2) is 66.7 Å². The average Bonchev–Trinajstić information content (AvgIpc) is 2.99. The Morgan fingerprint density at radius 2 is 1.50 bits per heavy atom. The molecule has 12 heteroatoms. The van der Waals surface area contributed by atoms with Gasteiger partial charge >= 0.3 is 12.2 Å². The maximum absolute atomic E-state index is 13.3. The summed E-state index contributed by atoms with van der Waals surface area (Å²) in [6, 6.07) is 16.4. The monoisotopic (exact) mass is 585 g/mol. The molecular formula is C30H34F3N5O4. The summed E-state index contributed by atoms with van der Waals surface area (Å²) in [5.41, 5.74) is 1.52. The van der Waals surface area contributed by atoms with Crippen LogP contribution in [0.5, 0.6) is 5.75 Å². The van der Waals surface area contributed by atoms with Gasteiger partial charge in [-0.05, 0) is 55.0 Å². The quantitative estimate of drug-likeness (QED) is 0.274. The van der Waals surface area contributed by atoms with Crippen LogP contribution in [0.2, 0.25) is 0 Å². The number of nitrogens with zero attached hydrogens (tertiary/aromatic N) is 2. The second-order valence-electron chi connectivity index (χ2n) is 9.64. The van der Waals surface area contributed by atoms with Gasteiger partial charge in [-0.25, -0.2) is 4.79 Å². The molecule has 0 spiro atoms. The molecule has 1 saturated heterocycles. The largest absolute Gasteiger partial charge is 0.495 e. The summed E-state index contributed by atoms with van der Waals surface area (Å²) in [5.74, 6) is 0.483. The Balaban J connectivity index is 1.49. The van der Waals surface area contributed by atoms with Gasteiger partial charge in [-0.1, -0.05) is 18.2 Å². The Bertz CT molecular complexity index is 1380. The van der Waals surface area contributed by atoms with Gasteiger partial charge in [0.2, 0.25) is 0 Å². The summed E-state index contributed by atoms with van der Waals surface area (Å²) >= 11 is 0. The molecule has 4 rings (SSSR count). The van der Waals surface area contributed by atoms with Crippen LogP contribution in [0.1, 0.15) is 22.3 Å². The lowest BCUT2D eigenvalue weighted by Crippen LogP contribution is -2.47. The fourth-order valence-corrected chi connectivity index (χ4v) is 4.73. The fourth-order valence-electron chi connectivity index (χ4n) is 4.73. The van der Waals surface area contributed by atoms with Gasteiger partial charge in [-0.3, -0.25) is 4.79 Å². The van der Waals surface area contributed by atoms with E-state index in [0.717, 1.165) is 23.6 Å². The van der Waals surface area contributed by atoms with Crippen LogP contribution in [0.25, 0.3) is 0 Å². The lowest BCUT2D eigenvalue weighted by molar-refractivity contribution is -0.137. The van der Waals surface area contributed by atoms with Crippen molar-refractivity contribution < 1.29 is 32.2 Å². The third kappa shape index (κ3) is 7.84. The van der Waals surface area contributed by atoms with Crippen molar-refractivity contribution in [2.75, 3.05) is 74.0 Å². The van der Waals surface area contributed by atoms with Crippen LogP contribution in [-0.4, -0.2) is 65.5 Å². The molecule has 3 aromatic rings. The third-order valence-corrected chi connectivity index (χ3v) is 6.80. The number of anilines is 4. The number of carbonyl (C=O) groups is 2. The second-order valence-corrected chi connectivity index (χ2v) is 9.64. The first-order chi connectivity index (χ1) is 20.2. The highest BCUT2D eigenvalue weighted by molar-refractivity contribution is 6.04. The Hall–Kier alpha value is -4.45. The normalized spacial score (nSPS) is 13.5. The highest BCUT2D eigenvalue weighted by atomic mass is 19.4. The highest BCUT2D eigenvalue weighted by Gasteiger charge is 2.30. The second kappa shape index (κ2) is 13.9. The number of urea groups is 1. The van der Waals surface area contributed by atoms with Gasteiger partial charge in [0.15, 0.2) is 0 Å². The molecule has 3 N–H and O–H groups in total. The lowest BCUT2D eigenvalue weighted by atomic mass is 10.1. The summed E-state index contributed by atoms with van der Waals surface area (Å²) in [4.78, 5) is 30.2. The number of hydrogen-bond donors (Lipinski definition) is 3. The molecule has 0 atom stereocenters. The van der Waals surface area contributed by atoms with Gasteiger partial charge in [0, 0.05) is 63.5 Å². The van der Waals surface area contributed by atoms with Crippen LogP contribution in [-0.2, 0) is 10.9 Å². The molecule has 3 aromatic carbocycles. The predicted molar refractivity (Wildman–Crippen MR) is 157 cm³/mol. The van der Waals surface area contributed by atoms with E-state index in [1.54, 1.807) is 32.4 Å². The van der Waals surface area contributed by atoms with E-state index in [2.05, 4.69) is 25.8 Å². The van der Waals surface area contributed by atoms with Crippen molar-refractivity contribution in [2.24, 2.45) is 0 Å². The predicted octanol–water partition coefficient (Wildman–Crippen LogP) is 5.45. The number of carbonyl (C=O) groups excluding carboxylic acids is 2. The van der Waals surface area contributed by atoms with E-state index in [1.165, 1.54) is 12.1 Å². The number of piperazine rings is 1. The molecule has 1 heterocycles. The number of nitrogens with one attached hydrogen (secondary N) is 3. The van der Waals surface area contributed by atoms with E-state index < -0.39 is 17.8 Å². The van der Waals surface area contributed by atoms with Gasteiger partial charge in [-0.15, -0.1) is 0 Å². The molecule has 0 unspecified atom stereocenters. The zero-order valence-electron chi connectivity index (χ0n) is 23.5. The zero-order chi connectivity index (χ0) is 30.1. The molecule has 9 nitrogen and oxygen atoms in total. The Morgan fingerprint density at radius 3 is 2.17 bits per heavy atom. The van der Waals surface area contributed by atoms with Crippen molar-refractivity contribution >= 4 is 34.7 Å². The number of hydrogen-bond acceptors (Lipinski definition) is 6. The van der Waals surface area contributed by atoms with E-state index >= 15 is 0 Å². The molecule has 1 fully saturated rings. The number of ether oxygens (including phenoxy) is 2. The van der Waals surface area contributed by atoms with E-state index in [9.17, 15) is 22.8 Å². The summed E-state index contributed by atoms with van der Waals surface area (Å²) in [7, 11) is 3.23. The minimum Gasteiger partial charge on any atom is -0.495 e. The Kier molecular flexibility index (Phi) is 10.1. The number of amides is 3. The molecule has 224 valence electrons. The summed E-state index contributed by atoms with van der Waals surface area (Å²) in [6.45, 7) is 3.59. The first-order valence-corrected chi connectivity index (χ1v) is 13.5. The van der Waals surface area contributed by atoms with Gasteiger partial charge in [-0.2, -0.15) is 13.2 Å². The van der Waals surface area contributed by atoms with E-state index in [-0.39, 0.29) is 11.6 Å². The fraction of sp³-hybridized carbons (Fsp3) is 0.333. The summed E-state index contributed by atoms with van der Waals surface area (Å²) < 4.78 is 49.7. The van der Waals surface area contributed by atoms with Crippen molar-refractivity contribution in [3.05, 3.63) is 77.9 Å². The molecular weight excluding hydrogens is 551 g/mol. The van der Waals surface area contributed by atoms with Gasteiger partial charge < -0.3 is 35.2 Å². The number of alkyl halides is 3. The van der Waals surface area contributed by atoms with Gasteiger partial charge in [0.25, 0.3) is 5.91 Å². The topological polar surface area (TPSA) is 95.2 Å². The molecule has 1 aliphatic heterocycles. The number of para-hydroxylation sites is 2. The molecule has 0 aliphatic carbocycles. The highest BCUT2D eigenvalue weighted by Crippen LogP contribution is 2.32. The lowest BCUT2D eigenvalue weighted by Gasteiger charge is -2.38. The molecule has 0 saturated carbocycles. The molecule has 42 heavy (non-hydrogen) atoms. The number of methoxy groups -OCH3 is 2. The van der Waals surface area contributed by atoms with Crippen molar-refractivity contribution in [1.82, 2.24) is 5.32 Å². The van der Waals surface area contributed by atoms with Crippen LogP contribution >= 0.6 is 0 Å². The molecule has 3 amide bonds. The maximum Gasteiger partial charge on any atom is 0.416 e. The average molecular weight is 586 g/mol. The maximum atomic E-state index is 13.3. The first kappa shape index (κ1) is 30.5. The molecule has 0 bridgehead atoms. The Morgan fingerprint density at radius 1 is 0.833 bits per heavy atom. The van der Waals surface area contributed by atoms with Crippen LogP contribution in [0.4, 0.5) is 40.7 Å².